The number of anilines is 2. The molecule has 96 valence electrons. The number of hydrogen-bond donors (Lipinski definition) is 2. The van der Waals surface area contributed by atoms with Gasteiger partial charge in [-0.1, -0.05) is 44.4 Å². The molecule has 0 bridgehead atoms. The molecule has 0 fully saturated rings. The average Bonchev–Trinajstić information content (AvgIpc) is 2.24. The molecule has 2 nitrogen and oxygen atoms in total. The maximum atomic E-state index is 5.98. The quantitative estimate of drug-likeness (QED) is 0.731. The van der Waals surface area contributed by atoms with Gasteiger partial charge in [-0.05, 0) is 31.4 Å². The van der Waals surface area contributed by atoms with Gasteiger partial charge in [0.2, 0.25) is 0 Å². The number of rotatable bonds is 6. The van der Waals surface area contributed by atoms with Crippen LogP contribution in [0.15, 0.2) is 18.2 Å². The molecule has 0 amide bonds. The highest BCUT2D eigenvalue weighted by molar-refractivity contribution is 6.33. The Morgan fingerprint density at radius 2 is 1.94 bits per heavy atom. The lowest BCUT2D eigenvalue weighted by molar-refractivity contribution is 0.520. The van der Waals surface area contributed by atoms with E-state index < -0.39 is 0 Å². The van der Waals surface area contributed by atoms with E-state index in [0.717, 1.165) is 18.0 Å². The molecule has 17 heavy (non-hydrogen) atoms. The zero-order chi connectivity index (χ0) is 12.8. The SMILES string of the molecule is CC(C)CCCC(C)Nc1cccc(Cl)c1N. The van der Waals surface area contributed by atoms with Crippen LogP contribution in [-0.2, 0) is 0 Å². The van der Waals surface area contributed by atoms with Gasteiger partial charge in [0.05, 0.1) is 16.4 Å². The first-order valence-electron chi connectivity index (χ1n) is 6.31. The lowest BCUT2D eigenvalue weighted by Crippen LogP contribution is -2.16. The second-order valence-corrected chi connectivity index (χ2v) is 5.48. The van der Waals surface area contributed by atoms with Gasteiger partial charge in [-0.15, -0.1) is 0 Å². The van der Waals surface area contributed by atoms with E-state index in [-0.39, 0.29) is 0 Å². The van der Waals surface area contributed by atoms with Gasteiger partial charge in [0.15, 0.2) is 0 Å². The van der Waals surface area contributed by atoms with Crippen LogP contribution in [0.3, 0.4) is 0 Å². The minimum Gasteiger partial charge on any atom is -0.396 e. The molecule has 1 aromatic carbocycles. The van der Waals surface area contributed by atoms with Crippen molar-refractivity contribution in [1.29, 1.82) is 0 Å². The summed E-state index contributed by atoms with van der Waals surface area (Å²) in [6, 6.07) is 6.13. The predicted molar refractivity (Wildman–Crippen MR) is 77.6 cm³/mol. The van der Waals surface area contributed by atoms with E-state index in [1.54, 1.807) is 0 Å². The van der Waals surface area contributed by atoms with E-state index in [9.17, 15) is 0 Å². The van der Waals surface area contributed by atoms with Crippen molar-refractivity contribution < 1.29 is 0 Å². The molecule has 1 atom stereocenters. The summed E-state index contributed by atoms with van der Waals surface area (Å²) in [5.74, 6) is 0.776. The molecule has 0 heterocycles. The van der Waals surface area contributed by atoms with Gasteiger partial charge < -0.3 is 11.1 Å². The summed E-state index contributed by atoms with van der Waals surface area (Å²) in [5.41, 5.74) is 7.50. The highest BCUT2D eigenvalue weighted by Gasteiger charge is 2.07. The normalized spacial score (nSPS) is 12.8. The first-order valence-corrected chi connectivity index (χ1v) is 6.69. The van der Waals surface area contributed by atoms with Gasteiger partial charge in [-0.2, -0.15) is 0 Å². The summed E-state index contributed by atoms with van der Waals surface area (Å²) in [5, 5.41) is 4.03. The van der Waals surface area contributed by atoms with E-state index in [2.05, 4.69) is 26.1 Å². The van der Waals surface area contributed by atoms with Crippen LogP contribution in [0.2, 0.25) is 5.02 Å². The van der Waals surface area contributed by atoms with Crippen LogP contribution in [-0.4, -0.2) is 6.04 Å². The highest BCUT2D eigenvalue weighted by Crippen LogP contribution is 2.27. The Balaban J connectivity index is 2.45. The maximum absolute atomic E-state index is 5.98. The van der Waals surface area contributed by atoms with Crippen LogP contribution in [0.1, 0.15) is 40.0 Å². The fourth-order valence-electron chi connectivity index (χ4n) is 1.83. The lowest BCUT2D eigenvalue weighted by Gasteiger charge is -2.17. The van der Waals surface area contributed by atoms with E-state index in [4.69, 9.17) is 17.3 Å². The Morgan fingerprint density at radius 1 is 1.24 bits per heavy atom. The maximum Gasteiger partial charge on any atom is 0.0739 e. The summed E-state index contributed by atoms with van der Waals surface area (Å²) in [6.45, 7) is 6.70. The van der Waals surface area contributed by atoms with Crippen molar-refractivity contribution >= 4 is 23.0 Å². The Morgan fingerprint density at radius 3 is 2.59 bits per heavy atom. The molecule has 0 spiro atoms. The van der Waals surface area contributed by atoms with Crippen molar-refractivity contribution in [2.45, 2.75) is 46.1 Å². The van der Waals surface area contributed by atoms with Gasteiger partial charge >= 0.3 is 0 Å². The van der Waals surface area contributed by atoms with Crippen LogP contribution < -0.4 is 11.1 Å². The zero-order valence-corrected chi connectivity index (χ0v) is 11.7. The zero-order valence-electron chi connectivity index (χ0n) is 11.0. The van der Waals surface area contributed by atoms with Crippen LogP contribution in [0.25, 0.3) is 0 Å². The first-order chi connectivity index (χ1) is 8.00. The number of nitrogens with two attached hydrogens (primary N) is 1. The third-order valence-corrected chi connectivity index (χ3v) is 3.20. The van der Waals surface area contributed by atoms with E-state index in [1.807, 2.05) is 18.2 Å². The van der Waals surface area contributed by atoms with Gasteiger partial charge in [-0.3, -0.25) is 0 Å². The molecule has 3 N–H and O–H groups in total. The molecular formula is C14H23ClN2. The fourth-order valence-corrected chi connectivity index (χ4v) is 2.01. The molecule has 1 aromatic rings. The third-order valence-electron chi connectivity index (χ3n) is 2.87. The van der Waals surface area contributed by atoms with Crippen molar-refractivity contribution in [2.24, 2.45) is 5.92 Å². The van der Waals surface area contributed by atoms with Crippen molar-refractivity contribution in [2.75, 3.05) is 11.1 Å². The number of para-hydroxylation sites is 1. The largest absolute Gasteiger partial charge is 0.396 e. The molecule has 0 aliphatic rings. The van der Waals surface area contributed by atoms with Crippen LogP contribution in [0, 0.1) is 5.92 Å². The van der Waals surface area contributed by atoms with Crippen LogP contribution in [0.4, 0.5) is 11.4 Å². The standard InChI is InChI=1S/C14H23ClN2/c1-10(2)6-4-7-11(3)17-13-9-5-8-12(15)14(13)16/h5,8-11,17H,4,6-7,16H2,1-3H3. The molecule has 0 aromatic heterocycles. The Kier molecular flexibility index (Phi) is 5.63. The molecule has 0 aliphatic heterocycles. The van der Waals surface area contributed by atoms with Crippen molar-refractivity contribution in [3.05, 3.63) is 23.2 Å². The minimum absolute atomic E-state index is 0.425. The molecule has 0 aliphatic carbocycles. The smallest absolute Gasteiger partial charge is 0.0739 e. The van der Waals surface area contributed by atoms with Crippen molar-refractivity contribution in [1.82, 2.24) is 0 Å². The number of hydrogen-bond acceptors (Lipinski definition) is 2. The highest BCUT2D eigenvalue weighted by atomic mass is 35.5. The van der Waals surface area contributed by atoms with Crippen LogP contribution >= 0.6 is 11.6 Å². The predicted octanol–water partition coefficient (Wildman–Crippen LogP) is 4.55. The summed E-state index contributed by atoms with van der Waals surface area (Å²) in [4.78, 5) is 0. The lowest BCUT2D eigenvalue weighted by atomic mass is 10.0. The van der Waals surface area contributed by atoms with Gasteiger partial charge in [-0.25, -0.2) is 0 Å². The number of halogens is 1. The Bertz CT molecular complexity index is 350. The number of nitrogen functional groups attached to an aromatic ring is 1. The van der Waals surface area contributed by atoms with E-state index >= 15 is 0 Å². The number of nitrogens with one attached hydrogen (secondary N) is 1. The summed E-state index contributed by atoms with van der Waals surface area (Å²) >= 11 is 5.98. The second-order valence-electron chi connectivity index (χ2n) is 5.07. The second kappa shape index (κ2) is 6.75. The molecular weight excluding hydrogens is 232 g/mol. The molecule has 0 saturated carbocycles. The first kappa shape index (κ1) is 14.2. The topological polar surface area (TPSA) is 38.0 Å². The average molecular weight is 255 g/mol. The Labute approximate surface area is 110 Å². The molecule has 0 saturated heterocycles. The minimum atomic E-state index is 0.425. The number of benzene rings is 1. The fraction of sp³-hybridized carbons (Fsp3) is 0.571. The molecule has 0 radical (unpaired) electrons. The summed E-state index contributed by atoms with van der Waals surface area (Å²) in [6.07, 6.45) is 3.67. The van der Waals surface area contributed by atoms with Gasteiger partial charge in [0.1, 0.15) is 0 Å². The van der Waals surface area contributed by atoms with E-state index in [1.165, 1.54) is 12.8 Å². The van der Waals surface area contributed by atoms with Gasteiger partial charge in [0.25, 0.3) is 0 Å². The third kappa shape index (κ3) is 4.86. The van der Waals surface area contributed by atoms with Crippen LogP contribution in [0.5, 0.6) is 0 Å². The monoisotopic (exact) mass is 254 g/mol. The summed E-state index contributed by atoms with van der Waals surface area (Å²) in [7, 11) is 0. The Hall–Kier alpha value is -0.890. The van der Waals surface area contributed by atoms with Gasteiger partial charge in [0, 0.05) is 6.04 Å². The molecule has 3 heteroatoms. The summed E-state index contributed by atoms with van der Waals surface area (Å²) < 4.78 is 0. The van der Waals surface area contributed by atoms with Crippen molar-refractivity contribution in [3.8, 4) is 0 Å². The van der Waals surface area contributed by atoms with Crippen molar-refractivity contribution in [3.63, 3.8) is 0 Å². The van der Waals surface area contributed by atoms with E-state index in [0.29, 0.717) is 16.8 Å². The molecule has 1 rings (SSSR count). The molecule has 1 unspecified atom stereocenters.